The van der Waals surface area contributed by atoms with Gasteiger partial charge in [-0.2, -0.15) is 13.2 Å². The van der Waals surface area contributed by atoms with E-state index in [0.717, 1.165) is 0 Å². The molecule has 1 unspecified atom stereocenters. The predicted octanol–water partition coefficient (Wildman–Crippen LogP) is 2.81. The Bertz CT molecular complexity index is 401. The fourth-order valence-corrected chi connectivity index (χ4v) is 1.69. The largest absolute Gasteiger partial charge is 0.391 e. The minimum atomic E-state index is -4.21. The average molecular weight is 292 g/mol. The Balaban J connectivity index is 2.81. The van der Waals surface area contributed by atoms with Gasteiger partial charge in [-0.3, -0.25) is 0 Å². The summed E-state index contributed by atoms with van der Waals surface area (Å²) in [6.45, 7) is 4.21. The smallest absolute Gasteiger partial charge is 0.377 e. The lowest BCUT2D eigenvalue weighted by Gasteiger charge is -2.17. The molecule has 0 saturated carbocycles. The van der Waals surface area contributed by atoms with Gasteiger partial charge in [-0.05, 0) is 13.8 Å². The summed E-state index contributed by atoms with van der Waals surface area (Å²) in [5, 5.41) is 5.73. The fraction of sp³-hybridized carbons (Fsp3) is 0.667. The first-order valence-corrected chi connectivity index (χ1v) is 6.28. The van der Waals surface area contributed by atoms with Crippen molar-refractivity contribution in [2.75, 3.05) is 24.3 Å². The molecule has 114 valence electrons. The van der Waals surface area contributed by atoms with E-state index in [2.05, 4.69) is 20.6 Å². The van der Waals surface area contributed by atoms with Crippen LogP contribution in [0.4, 0.5) is 24.8 Å². The van der Waals surface area contributed by atoms with E-state index in [1.165, 1.54) is 14.0 Å². The number of anilines is 2. The first-order valence-electron chi connectivity index (χ1n) is 6.28. The number of aromatic nitrogens is 2. The van der Waals surface area contributed by atoms with Gasteiger partial charge in [0.25, 0.3) is 0 Å². The number of hydrogen-bond acceptors (Lipinski definition) is 5. The van der Waals surface area contributed by atoms with Crippen molar-refractivity contribution in [3.8, 4) is 0 Å². The second-order valence-electron chi connectivity index (χ2n) is 4.38. The van der Waals surface area contributed by atoms with Crippen LogP contribution in [0.5, 0.6) is 0 Å². The highest BCUT2D eigenvalue weighted by molar-refractivity contribution is 5.48. The van der Waals surface area contributed by atoms with Gasteiger partial charge in [0.1, 0.15) is 18.2 Å². The summed E-state index contributed by atoms with van der Waals surface area (Å²) in [7, 11) is 1.50. The van der Waals surface area contributed by atoms with Gasteiger partial charge in [0.15, 0.2) is 5.82 Å². The van der Waals surface area contributed by atoms with E-state index in [4.69, 9.17) is 4.74 Å². The van der Waals surface area contributed by atoms with Gasteiger partial charge < -0.3 is 15.4 Å². The molecule has 1 rings (SSSR count). The van der Waals surface area contributed by atoms with E-state index in [-0.39, 0.29) is 6.61 Å². The Morgan fingerprint density at radius 3 is 2.50 bits per heavy atom. The van der Waals surface area contributed by atoms with Crippen LogP contribution >= 0.6 is 0 Å². The molecule has 5 nitrogen and oxygen atoms in total. The molecule has 0 aliphatic heterocycles. The molecule has 0 spiro atoms. The SMILES string of the molecule is CCNc1cc(NC(C)CC(F)(F)F)nc(COC)n1. The number of alkyl halides is 3. The number of ether oxygens (including phenoxy) is 1. The second-order valence-corrected chi connectivity index (χ2v) is 4.38. The number of nitrogens with one attached hydrogen (secondary N) is 2. The molecule has 20 heavy (non-hydrogen) atoms. The van der Waals surface area contributed by atoms with Crippen LogP contribution in [0, 0.1) is 0 Å². The van der Waals surface area contributed by atoms with Crippen molar-refractivity contribution in [1.82, 2.24) is 9.97 Å². The molecule has 0 aliphatic rings. The van der Waals surface area contributed by atoms with Crippen LogP contribution < -0.4 is 10.6 Å². The molecule has 0 fully saturated rings. The summed E-state index contributed by atoms with van der Waals surface area (Å²) in [5.74, 6) is 1.31. The molecule has 0 aliphatic carbocycles. The zero-order chi connectivity index (χ0) is 15.2. The summed E-state index contributed by atoms with van der Waals surface area (Å²) in [6.07, 6.45) is -5.13. The zero-order valence-corrected chi connectivity index (χ0v) is 11.7. The third kappa shape index (κ3) is 6.05. The van der Waals surface area contributed by atoms with Crippen molar-refractivity contribution in [3.05, 3.63) is 11.9 Å². The van der Waals surface area contributed by atoms with Gasteiger partial charge in [0.05, 0.1) is 6.42 Å². The molecule has 8 heteroatoms. The van der Waals surface area contributed by atoms with E-state index in [1.54, 1.807) is 6.07 Å². The summed E-state index contributed by atoms with van der Waals surface area (Å²) < 4.78 is 41.9. The monoisotopic (exact) mass is 292 g/mol. The second kappa shape index (κ2) is 7.28. The molecular weight excluding hydrogens is 273 g/mol. The molecule has 0 bridgehead atoms. The maximum Gasteiger partial charge on any atom is 0.391 e. The standard InChI is InChI=1S/C12H19F3N4O/c1-4-16-9-5-10(19-11(18-9)7-20-3)17-8(2)6-12(13,14)15/h5,8H,4,6-7H2,1-3H3,(H2,16,17,18,19). The minimum absolute atomic E-state index is 0.196. The van der Waals surface area contributed by atoms with Crippen molar-refractivity contribution < 1.29 is 17.9 Å². The van der Waals surface area contributed by atoms with Crippen molar-refractivity contribution >= 4 is 11.6 Å². The normalized spacial score (nSPS) is 13.1. The molecule has 0 saturated heterocycles. The van der Waals surface area contributed by atoms with Gasteiger partial charge in [-0.25, -0.2) is 9.97 Å². The Hall–Kier alpha value is -1.57. The van der Waals surface area contributed by atoms with Crippen molar-refractivity contribution in [1.29, 1.82) is 0 Å². The first kappa shape index (κ1) is 16.5. The zero-order valence-electron chi connectivity index (χ0n) is 11.7. The molecule has 0 aromatic carbocycles. The molecule has 1 aromatic rings. The van der Waals surface area contributed by atoms with Crippen LogP contribution in [0.2, 0.25) is 0 Å². The average Bonchev–Trinajstić information content (AvgIpc) is 2.26. The van der Waals surface area contributed by atoms with Gasteiger partial charge in [0.2, 0.25) is 0 Å². The lowest BCUT2D eigenvalue weighted by molar-refractivity contribution is -0.136. The Kier molecular flexibility index (Phi) is 6.00. The van der Waals surface area contributed by atoms with Gasteiger partial charge in [0, 0.05) is 25.8 Å². The van der Waals surface area contributed by atoms with Crippen LogP contribution in [-0.4, -0.2) is 35.8 Å². The lowest BCUT2D eigenvalue weighted by Crippen LogP contribution is -2.24. The Morgan fingerprint density at radius 2 is 1.95 bits per heavy atom. The minimum Gasteiger partial charge on any atom is -0.377 e. The summed E-state index contributed by atoms with van der Waals surface area (Å²) in [6, 6.07) is 0.810. The van der Waals surface area contributed by atoms with E-state index in [1.807, 2.05) is 6.92 Å². The van der Waals surface area contributed by atoms with Crippen molar-refractivity contribution in [2.24, 2.45) is 0 Å². The van der Waals surface area contributed by atoms with E-state index in [9.17, 15) is 13.2 Å². The molecule has 1 aromatic heterocycles. The highest BCUT2D eigenvalue weighted by Gasteiger charge is 2.30. The summed E-state index contributed by atoms with van der Waals surface area (Å²) in [5.41, 5.74) is 0. The molecule has 0 radical (unpaired) electrons. The van der Waals surface area contributed by atoms with E-state index < -0.39 is 18.6 Å². The third-order valence-electron chi connectivity index (χ3n) is 2.34. The highest BCUT2D eigenvalue weighted by Crippen LogP contribution is 2.23. The first-order chi connectivity index (χ1) is 9.34. The van der Waals surface area contributed by atoms with Crippen molar-refractivity contribution in [3.63, 3.8) is 0 Å². The lowest BCUT2D eigenvalue weighted by atomic mass is 10.2. The number of halogens is 3. The number of methoxy groups -OCH3 is 1. The summed E-state index contributed by atoms with van der Waals surface area (Å²) >= 11 is 0. The van der Waals surface area contributed by atoms with Gasteiger partial charge in [-0.15, -0.1) is 0 Å². The Labute approximate surface area is 116 Å². The maximum atomic E-state index is 12.3. The van der Waals surface area contributed by atoms with Gasteiger partial charge >= 0.3 is 6.18 Å². The van der Waals surface area contributed by atoms with Gasteiger partial charge in [-0.1, -0.05) is 0 Å². The van der Waals surface area contributed by atoms with Crippen LogP contribution in [0.3, 0.4) is 0 Å². The third-order valence-corrected chi connectivity index (χ3v) is 2.34. The maximum absolute atomic E-state index is 12.3. The number of hydrogen-bond donors (Lipinski definition) is 2. The Morgan fingerprint density at radius 1 is 1.30 bits per heavy atom. The van der Waals surface area contributed by atoms with Crippen LogP contribution in [0.15, 0.2) is 6.07 Å². The molecule has 1 atom stereocenters. The number of nitrogens with zero attached hydrogens (tertiary/aromatic N) is 2. The fourth-order valence-electron chi connectivity index (χ4n) is 1.69. The topological polar surface area (TPSA) is 59.1 Å². The van der Waals surface area contributed by atoms with Crippen molar-refractivity contribution in [2.45, 2.75) is 39.1 Å². The quantitative estimate of drug-likeness (QED) is 0.809. The van der Waals surface area contributed by atoms with Crippen LogP contribution in [0.25, 0.3) is 0 Å². The molecular formula is C12H19F3N4O. The molecule has 1 heterocycles. The molecule has 2 N–H and O–H groups in total. The summed E-state index contributed by atoms with van der Waals surface area (Å²) in [4.78, 5) is 8.31. The highest BCUT2D eigenvalue weighted by atomic mass is 19.4. The van der Waals surface area contributed by atoms with Crippen LogP contribution in [-0.2, 0) is 11.3 Å². The number of rotatable bonds is 7. The van der Waals surface area contributed by atoms with Crippen LogP contribution in [0.1, 0.15) is 26.1 Å². The molecule has 0 amide bonds. The predicted molar refractivity (Wildman–Crippen MR) is 70.7 cm³/mol. The van der Waals surface area contributed by atoms with E-state index >= 15 is 0 Å². The van der Waals surface area contributed by atoms with E-state index in [0.29, 0.717) is 24.0 Å².